The van der Waals surface area contributed by atoms with E-state index in [0.29, 0.717) is 10.6 Å². The van der Waals surface area contributed by atoms with E-state index in [1.54, 1.807) is 0 Å². The van der Waals surface area contributed by atoms with Crippen LogP contribution in [0.15, 0.2) is 66.7 Å². The Morgan fingerprint density at radius 3 is 2.12 bits per heavy atom. The van der Waals surface area contributed by atoms with Gasteiger partial charge in [0.1, 0.15) is 4.88 Å². The van der Waals surface area contributed by atoms with Crippen molar-refractivity contribution >= 4 is 33.1 Å². The topological polar surface area (TPSA) is 83.2 Å². The third-order valence-corrected chi connectivity index (χ3v) is 5.28. The van der Waals surface area contributed by atoms with Gasteiger partial charge in [0.05, 0.1) is 11.1 Å². The molecule has 122 valence electrons. The van der Waals surface area contributed by atoms with Gasteiger partial charge < -0.3 is 11.5 Å². The van der Waals surface area contributed by atoms with Crippen LogP contribution >= 0.6 is 11.3 Å². The molecule has 0 spiro atoms. The smallest absolute Gasteiger partial charge is 0.271 e. The Morgan fingerprint density at radius 1 is 0.920 bits per heavy atom. The molecule has 5 N–H and O–H groups in total. The lowest BCUT2D eigenvalue weighted by Gasteiger charge is -2.05. The molecule has 0 aliphatic rings. The number of carbonyl (C=O) groups is 1. The number of primary amides is 1. The number of pyridine rings is 1. The standard InChI is InChI=1S/C20H15N3OS/c21-17-16-14(12-7-3-1-4-8-12)11-15(13-9-5-2-6-10-13)23-20(16)25-18(17)19(22)24/h1-11H,21H2,(H2,22,24)/p+1. The summed E-state index contributed by atoms with van der Waals surface area (Å²) in [6, 6.07) is 22.1. The van der Waals surface area contributed by atoms with Gasteiger partial charge in [-0.3, -0.25) is 4.79 Å². The molecule has 4 nitrogen and oxygen atoms in total. The fourth-order valence-electron chi connectivity index (χ4n) is 2.98. The lowest BCUT2D eigenvalue weighted by molar-refractivity contribution is -0.327. The van der Waals surface area contributed by atoms with Crippen molar-refractivity contribution < 1.29 is 9.78 Å². The van der Waals surface area contributed by atoms with Gasteiger partial charge in [-0.2, -0.15) is 4.98 Å². The highest BCUT2D eigenvalue weighted by molar-refractivity contribution is 7.20. The SMILES string of the molecule is NC(=O)c1sc2[nH+]c(-c3ccccc3)cc(-c3ccccc3)c2c1N. The van der Waals surface area contributed by atoms with Crippen LogP contribution in [0.5, 0.6) is 0 Å². The Morgan fingerprint density at radius 2 is 1.52 bits per heavy atom. The number of rotatable bonds is 3. The molecule has 0 atom stereocenters. The monoisotopic (exact) mass is 346 g/mol. The number of hydrogen-bond donors (Lipinski definition) is 2. The highest BCUT2D eigenvalue weighted by Crippen LogP contribution is 2.39. The number of hydrogen-bond acceptors (Lipinski definition) is 3. The van der Waals surface area contributed by atoms with Crippen LogP contribution in [-0.4, -0.2) is 5.91 Å². The number of thiophene rings is 1. The third-order valence-electron chi connectivity index (χ3n) is 4.14. The zero-order valence-electron chi connectivity index (χ0n) is 13.3. The Labute approximate surface area is 148 Å². The van der Waals surface area contributed by atoms with Crippen LogP contribution in [0.1, 0.15) is 9.67 Å². The zero-order chi connectivity index (χ0) is 17.4. The van der Waals surface area contributed by atoms with Crippen molar-refractivity contribution in [2.45, 2.75) is 0 Å². The average Bonchev–Trinajstić information content (AvgIpc) is 2.99. The Bertz CT molecular complexity index is 1070. The van der Waals surface area contributed by atoms with E-state index in [9.17, 15) is 4.79 Å². The van der Waals surface area contributed by atoms with Gasteiger partial charge in [0.2, 0.25) is 5.69 Å². The number of carbonyl (C=O) groups excluding carboxylic acids is 1. The minimum absolute atomic E-state index is 0.383. The molecule has 0 unspecified atom stereocenters. The molecule has 0 aliphatic carbocycles. The van der Waals surface area contributed by atoms with E-state index in [1.165, 1.54) is 11.3 Å². The molecule has 0 aliphatic heterocycles. The first-order chi connectivity index (χ1) is 12.1. The molecule has 2 aromatic heterocycles. The Kier molecular flexibility index (Phi) is 3.71. The van der Waals surface area contributed by atoms with Gasteiger partial charge in [0, 0.05) is 17.2 Å². The van der Waals surface area contributed by atoms with Crippen LogP contribution in [0, 0.1) is 0 Å². The Hall–Kier alpha value is -3.18. The van der Waals surface area contributed by atoms with E-state index < -0.39 is 5.91 Å². The van der Waals surface area contributed by atoms with E-state index in [2.05, 4.69) is 11.1 Å². The summed E-state index contributed by atoms with van der Waals surface area (Å²) in [7, 11) is 0. The van der Waals surface area contributed by atoms with Crippen molar-refractivity contribution in [2.75, 3.05) is 5.73 Å². The molecule has 0 bridgehead atoms. The predicted octanol–water partition coefficient (Wildman–Crippen LogP) is 3.73. The average molecular weight is 346 g/mol. The number of nitrogens with two attached hydrogens (primary N) is 2. The fraction of sp³-hybridized carbons (Fsp3) is 0. The fourth-order valence-corrected chi connectivity index (χ4v) is 3.98. The van der Waals surface area contributed by atoms with E-state index in [4.69, 9.17) is 11.5 Å². The van der Waals surface area contributed by atoms with Crippen LogP contribution in [0.25, 0.3) is 32.6 Å². The second kappa shape index (κ2) is 6.03. The van der Waals surface area contributed by atoms with Crippen LogP contribution in [0.4, 0.5) is 5.69 Å². The number of H-pyrrole nitrogens is 1. The minimum atomic E-state index is -0.507. The highest BCUT2D eigenvalue weighted by atomic mass is 32.1. The van der Waals surface area contributed by atoms with Crippen LogP contribution in [0.3, 0.4) is 0 Å². The van der Waals surface area contributed by atoms with Crippen molar-refractivity contribution in [3.8, 4) is 22.4 Å². The molecule has 2 aromatic carbocycles. The second-order valence-corrected chi connectivity index (χ2v) is 6.76. The maximum Gasteiger partial charge on any atom is 0.271 e. The first-order valence-corrected chi connectivity index (χ1v) is 8.65. The van der Waals surface area contributed by atoms with Crippen molar-refractivity contribution in [1.82, 2.24) is 0 Å². The van der Waals surface area contributed by atoms with E-state index in [-0.39, 0.29) is 0 Å². The summed E-state index contributed by atoms with van der Waals surface area (Å²) in [6.45, 7) is 0. The van der Waals surface area contributed by atoms with Crippen molar-refractivity contribution in [3.05, 3.63) is 71.6 Å². The van der Waals surface area contributed by atoms with Gasteiger partial charge in [0.25, 0.3) is 10.7 Å². The van der Waals surface area contributed by atoms with Gasteiger partial charge in [-0.1, -0.05) is 59.9 Å². The summed E-state index contributed by atoms with van der Waals surface area (Å²) in [5.74, 6) is -0.507. The van der Waals surface area contributed by atoms with Gasteiger partial charge in [-0.05, 0) is 17.7 Å². The molecule has 5 heteroatoms. The summed E-state index contributed by atoms with van der Waals surface area (Å²) >= 11 is 1.29. The Balaban J connectivity index is 2.07. The summed E-state index contributed by atoms with van der Waals surface area (Å²) in [5, 5.41) is 0.838. The molecule has 0 radical (unpaired) electrons. The molecule has 4 rings (SSSR count). The van der Waals surface area contributed by atoms with Crippen LogP contribution < -0.4 is 16.5 Å². The number of anilines is 1. The highest BCUT2D eigenvalue weighted by Gasteiger charge is 2.23. The van der Waals surface area contributed by atoms with Crippen molar-refractivity contribution in [1.29, 1.82) is 0 Å². The molecule has 0 fully saturated rings. The minimum Gasteiger partial charge on any atom is -0.397 e. The maximum absolute atomic E-state index is 11.7. The molecule has 4 aromatic rings. The number of aromatic amines is 1. The number of aromatic nitrogens is 1. The van der Waals surface area contributed by atoms with E-state index in [0.717, 1.165) is 32.6 Å². The summed E-state index contributed by atoms with van der Waals surface area (Å²) in [4.78, 5) is 16.4. The third kappa shape index (κ3) is 2.64. The van der Waals surface area contributed by atoms with Crippen molar-refractivity contribution in [2.24, 2.45) is 5.73 Å². The number of fused-ring (bicyclic) bond motifs is 1. The van der Waals surface area contributed by atoms with Crippen LogP contribution in [-0.2, 0) is 0 Å². The molecule has 0 saturated carbocycles. The normalized spacial score (nSPS) is 10.9. The molecule has 25 heavy (non-hydrogen) atoms. The molecular formula is C20H16N3OS+. The number of nitrogens with one attached hydrogen (secondary N) is 1. The quantitative estimate of drug-likeness (QED) is 0.592. The molecule has 1 amide bonds. The predicted molar refractivity (Wildman–Crippen MR) is 102 cm³/mol. The lowest BCUT2D eigenvalue weighted by atomic mass is 9.99. The number of nitrogen functional groups attached to an aromatic ring is 1. The van der Waals surface area contributed by atoms with Gasteiger partial charge in [-0.15, -0.1) is 0 Å². The molecule has 2 heterocycles. The van der Waals surface area contributed by atoms with Gasteiger partial charge >= 0.3 is 0 Å². The van der Waals surface area contributed by atoms with Crippen molar-refractivity contribution in [3.63, 3.8) is 0 Å². The first kappa shape index (κ1) is 15.4. The van der Waals surface area contributed by atoms with Crippen LogP contribution in [0.2, 0.25) is 0 Å². The van der Waals surface area contributed by atoms with E-state index >= 15 is 0 Å². The van der Waals surface area contributed by atoms with Gasteiger partial charge in [0.15, 0.2) is 0 Å². The summed E-state index contributed by atoms with van der Waals surface area (Å²) in [5.41, 5.74) is 16.2. The summed E-state index contributed by atoms with van der Waals surface area (Å²) in [6.07, 6.45) is 0. The zero-order valence-corrected chi connectivity index (χ0v) is 14.1. The maximum atomic E-state index is 11.7. The van der Waals surface area contributed by atoms with Gasteiger partial charge in [-0.25, -0.2) is 0 Å². The number of amides is 1. The second-order valence-electron chi connectivity index (χ2n) is 5.74. The molecular weight excluding hydrogens is 330 g/mol. The van der Waals surface area contributed by atoms with E-state index in [1.807, 2.05) is 60.7 Å². The lowest BCUT2D eigenvalue weighted by Crippen LogP contribution is -2.10. The molecule has 0 saturated heterocycles. The summed E-state index contributed by atoms with van der Waals surface area (Å²) < 4.78 is 0. The first-order valence-electron chi connectivity index (χ1n) is 7.84. The largest absolute Gasteiger partial charge is 0.397 e. The number of benzene rings is 2.